The summed E-state index contributed by atoms with van der Waals surface area (Å²) < 4.78 is 46.0. The predicted molar refractivity (Wildman–Crippen MR) is 136 cm³/mol. The number of aliphatic hydroxyl groups is 1. The molecule has 0 spiro atoms. The summed E-state index contributed by atoms with van der Waals surface area (Å²) in [5.41, 5.74) is 1.05. The number of methoxy groups -OCH3 is 1. The van der Waals surface area contributed by atoms with Crippen molar-refractivity contribution < 1.29 is 32.9 Å². The molecule has 0 bridgehead atoms. The fraction of sp³-hybridized carbons (Fsp3) is 0.379. The van der Waals surface area contributed by atoms with Gasteiger partial charge in [0, 0.05) is 36.8 Å². The monoisotopic (exact) mass is 526 g/mol. The number of hydrogen-bond acceptors (Lipinski definition) is 5. The van der Waals surface area contributed by atoms with Crippen LogP contribution in [0.25, 0.3) is 10.9 Å². The second-order valence-corrected chi connectivity index (χ2v) is 9.56. The topological polar surface area (TPSA) is 82.9 Å². The Kier molecular flexibility index (Phi) is 8.55. The Morgan fingerprint density at radius 3 is 2.50 bits per heavy atom. The van der Waals surface area contributed by atoms with E-state index >= 15 is 0 Å². The van der Waals surface area contributed by atoms with Gasteiger partial charge in [-0.3, -0.25) is 14.7 Å². The number of ether oxygens (including phenoxy) is 1. The number of aliphatic carboxylic acids is 1. The molecule has 1 aliphatic rings. The SMILES string of the molecule is COc1ccc2ncc(CO)c(CCCC3(C(=O)O)CCN(CC#Cc4c(F)cc(F)cc4F)CC3)c2c1. The number of carboxylic acid groups (broad SMARTS) is 1. The molecule has 4 rings (SSSR count). The fourth-order valence-corrected chi connectivity index (χ4v) is 5.04. The van der Waals surface area contributed by atoms with E-state index < -0.39 is 34.4 Å². The van der Waals surface area contributed by atoms with Crippen LogP contribution in [-0.4, -0.2) is 52.8 Å². The molecule has 6 nitrogen and oxygen atoms in total. The smallest absolute Gasteiger partial charge is 0.309 e. The summed E-state index contributed by atoms with van der Waals surface area (Å²) in [6.07, 6.45) is 4.15. The van der Waals surface area contributed by atoms with Gasteiger partial charge in [0.05, 0.1) is 36.8 Å². The maximum absolute atomic E-state index is 13.8. The van der Waals surface area contributed by atoms with Gasteiger partial charge in [0.2, 0.25) is 0 Å². The van der Waals surface area contributed by atoms with Crippen molar-refractivity contribution in [2.24, 2.45) is 5.41 Å². The molecule has 2 N–H and O–H groups in total. The minimum atomic E-state index is -1.05. The van der Waals surface area contributed by atoms with Gasteiger partial charge in [-0.1, -0.05) is 11.8 Å². The highest BCUT2D eigenvalue weighted by Crippen LogP contribution is 2.37. The highest BCUT2D eigenvalue weighted by molar-refractivity contribution is 5.84. The highest BCUT2D eigenvalue weighted by Gasteiger charge is 2.40. The first-order valence-corrected chi connectivity index (χ1v) is 12.4. The Labute approximate surface area is 219 Å². The van der Waals surface area contributed by atoms with Crippen LogP contribution in [-0.2, 0) is 17.8 Å². The van der Waals surface area contributed by atoms with Gasteiger partial charge >= 0.3 is 5.97 Å². The zero-order valence-electron chi connectivity index (χ0n) is 21.1. The summed E-state index contributed by atoms with van der Waals surface area (Å²) in [5.74, 6) is 1.87. The molecule has 1 saturated heterocycles. The van der Waals surface area contributed by atoms with Gasteiger partial charge in [-0.05, 0) is 61.4 Å². The summed E-state index contributed by atoms with van der Waals surface area (Å²) in [6, 6.07) is 6.73. The Hall–Kier alpha value is -3.61. The molecule has 3 aromatic rings. The van der Waals surface area contributed by atoms with E-state index in [0.717, 1.165) is 16.5 Å². The molecular weight excluding hydrogens is 497 g/mol. The maximum atomic E-state index is 13.8. The van der Waals surface area contributed by atoms with Crippen molar-refractivity contribution in [3.63, 3.8) is 0 Å². The van der Waals surface area contributed by atoms with Crippen molar-refractivity contribution in [1.29, 1.82) is 0 Å². The van der Waals surface area contributed by atoms with E-state index in [1.807, 2.05) is 23.1 Å². The lowest BCUT2D eigenvalue weighted by atomic mass is 9.74. The maximum Gasteiger partial charge on any atom is 0.309 e. The third kappa shape index (κ3) is 5.93. The average Bonchev–Trinajstić information content (AvgIpc) is 2.90. The second kappa shape index (κ2) is 11.8. The van der Waals surface area contributed by atoms with Crippen molar-refractivity contribution in [2.75, 3.05) is 26.7 Å². The normalized spacial score (nSPS) is 15.2. The molecule has 200 valence electrons. The van der Waals surface area contributed by atoms with Crippen LogP contribution in [0.4, 0.5) is 13.2 Å². The van der Waals surface area contributed by atoms with E-state index in [1.165, 1.54) is 0 Å². The van der Waals surface area contributed by atoms with Gasteiger partial charge in [0.25, 0.3) is 0 Å². The lowest BCUT2D eigenvalue weighted by molar-refractivity contribution is -0.152. The number of piperidine rings is 1. The number of benzene rings is 2. The van der Waals surface area contributed by atoms with Crippen molar-refractivity contribution in [2.45, 2.75) is 38.7 Å². The van der Waals surface area contributed by atoms with Crippen LogP contribution >= 0.6 is 0 Å². The lowest BCUT2D eigenvalue weighted by Crippen LogP contribution is -2.44. The fourth-order valence-electron chi connectivity index (χ4n) is 5.04. The molecule has 0 aliphatic carbocycles. The number of halogens is 3. The number of pyridine rings is 1. The molecule has 1 aliphatic heterocycles. The Balaban J connectivity index is 1.40. The second-order valence-electron chi connectivity index (χ2n) is 9.56. The zero-order chi connectivity index (χ0) is 27.3. The minimum Gasteiger partial charge on any atom is -0.497 e. The van der Waals surface area contributed by atoms with E-state index in [9.17, 15) is 28.2 Å². The molecule has 1 aromatic heterocycles. The van der Waals surface area contributed by atoms with Crippen LogP contribution in [0.15, 0.2) is 36.5 Å². The zero-order valence-corrected chi connectivity index (χ0v) is 21.1. The van der Waals surface area contributed by atoms with Crippen molar-refractivity contribution in [1.82, 2.24) is 9.88 Å². The summed E-state index contributed by atoms with van der Waals surface area (Å²) in [6.45, 7) is 1.01. The number of hydrogen-bond donors (Lipinski definition) is 2. The largest absolute Gasteiger partial charge is 0.497 e. The Morgan fingerprint density at radius 2 is 1.87 bits per heavy atom. The van der Waals surface area contributed by atoms with Crippen molar-refractivity contribution in [3.05, 3.63) is 70.7 Å². The number of likely N-dealkylation sites (tertiary alicyclic amines) is 1. The number of rotatable bonds is 8. The van der Waals surface area contributed by atoms with Crippen LogP contribution < -0.4 is 4.74 Å². The van der Waals surface area contributed by atoms with Crippen molar-refractivity contribution in [3.8, 4) is 17.6 Å². The number of aryl methyl sites for hydroxylation is 1. The average molecular weight is 527 g/mol. The van der Waals surface area contributed by atoms with Gasteiger partial charge in [0.15, 0.2) is 0 Å². The molecular formula is C29H29F3N2O4. The molecule has 38 heavy (non-hydrogen) atoms. The van der Waals surface area contributed by atoms with Gasteiger partial charge in [-0.25, -0.2) is 13.2 Å². The molecule has 0 unspecified atom stereocenters. The molecule has 9 heteroatoms. The number of carboxylic acids is 1. The number of aromatic nitrogens is 1. The number of carbonyl (C=O) groups is 1. The first-order valence-electron chi connectivity index (χ1n) is 12.4. The molecule has 0 saturated carbocycles. The lowest BCUT2D eigenvalue weighted by Gasteiger charge is -2.38. The van der Waals surface area contributed by atoms with E-state index in [1.54, 1.807) is 13.3 Å². The standard InChI is InChI=1S/C29H29F3N2O4/c1-38-21-6-7-27-24(16-21)22(19(18-35)17-33-27)4-2-8-29(28(36)37)9-12-34(13-10-29)11-3-5-23-25(31)14-20(30)15-26(23)32/h6-7,14-17,35H,2,4,8-13,18H2,1H3,(H,36,37). The Bertz CT molecular complexity index is 1360. The molecule has 0 amide bonds. The van der Waals surface area contributed by atoms with Crippen molar-refractivity contribution >= 4 is 16.9 Å². The van der Waals surface area contributed by atoms with E-state index in [0.29, 0.717) is 68.6 Å². The van der Waals surface area contributed by atoms with Gasteiger partial charge in [-0.15, -0.1) is 0 Å². The van der Waals surface area contributed by atoms with Gasteiger partial charge < -0.3 is 14.9 Å². The predicted octanol–water partition coefficient (Wildman–Crippen LogP) is 4.69. The summed E-state index contributed by atoms with van der Waals surface area (Å²) in [5, 5.41) is 20.8. The number of aliphatic hydroxyl groups excluding tert-OH is 1. The van der Waals surface area contributed by atoms with Gasteiger partial charge in [0.1, 0.15) is 23.2 Å². The van der Waals surface area contributed by atoms with E-state index in [-0.39, 0.29) is 13.2 Å². The third-order valence-corrected chi connectivity index (χ3v) is 7.32. The molecule has 1 fully saturated rings. The first kappa shape index (κ1) is 27.4. The summed E-state index contributed by atoms with van der Waals surface area (Å²) in [4.78, 5) is 18.7. The number of fused-ring (bicyclic) bond motifs is 1. The van der Waals surface area contributed by atoms with E-state index in [4.69, 9.17) is 4.74 Å². The quantitative estimate of drug-likeness (QED) is 0.415. The molecule has 0 radical (unpaired) electrons. The molecule has 0 atom stereocenters. The van der Waals surface area contributed by atoms with Crippen LogP contribution in [0.1, 0.15) is 42.4 Å². The molecule has 2 heterocycles. The highest BCUT2D eigenvalue weighted by atomic mass is 19.1. The van der Waals surface area contributed by atoms with Crippen LogP contribution in [0, 0.1) is 34.7 Å². The summed E-state index contributed by atoms with van der Waals surface area (Å²) in [7, 11) is 1.58. The Morgan fingerprint density at radius 1 is 1.16 bits per heavy atom. The van der Waals surface area contributed by atoms with E-state index in [2.05, 4.69) is 16.8 Å². The van der Waals surface area contributed by atoms with Gasteiger partial charge in [-0.2, -0.15) is 0 Å². The number of nitrogens with zero attached hydrogens (tertiary/aromatic N) is 2. The first-order chi connectivity index (χ1) is 18.3. The molecule has 2 aromatic carbocycles. The minimum absolute atomic E-state index is 0.165. The third-order valence-electron chi connectivity index (χ3n) is 7.32. The van der Waals surface area contributed by atoms with Crippen LogP contribution in [0.5, 0.6) is 5.75 Å². The van der Waals surface area contributed by atoms with Crippen LogP contribution in [0.3, 0.4) is 0 Å². The summed E-state index contributed by atoms with van der Waals surface area (Å²) >= 11 is 0. The van der Waals surface area contributed by atoms with Crippen LogP contribution in [0.2, 0.25) is 0 Å².